The number of ether oxygens (including phenoxy) is 6. The Labute approximate surface area is 480 Å². The summed E-state index contributed by atoms with van der Waals surface area (Å²) in [6.45, 7) is 7.64. The van der Waals surface area contributed by atoms with Crippen LogP contribution in [0.15, 0.2) is 78.9 Å². The lowest BCUT2D eigenvalue weighted by molar-refractivity contribution is -0.355. The van der Waals surface area contributed by atoms with E-state index >= 15 is 0 Å². The van der Waals surface area contributed by atoms with Crippen molar-refractivity contribution in [2.24, 2.45) is 28.6 Å². The summed E-state index contributed by atoms with van der Waals surface area (Å²) in [6.07, 6.45) is 35.8. The molecule has 1 aromatic carbocycles. The van der Waals surface area contributed by atoms with Crippen molar-refractivity contribution in [3.8, 4) is 0 Å². The molecule has 5 aliphatic carbocycles. The average Bonchev–Trinajstić information content (AvgIpc) is 3.28. The Morgan fingerprint density at radius 2 is 1.19 bits per heavy atom. The molecule has 6 aliphatic rings. The molecular formula is C67H103NO12. The van der Waals surface area contributed by atoms with E-state index in [1.165, 1.54) is 45.6 Å². The van der Waals surface area contributed by atoms with Crippen LogP contribution in [0.2, 0.25) is 0 Å². The Balaban J connectivity index is 1.10. The molecular weight excluding hydrogens is 1010 g/mol. The van der Waals surface area contributed by atoms with E-state index in [1.807, 2.05) is 0 Å². The zero-order valence-corrected chi connectivity index (χ0v) is 49.9. The van der Waals surface area contributed by atoms with Gasteiger partial charge in [0.15, 0.2) is 5.60 Å². The first-order chi connectivity index (χ1) is 38.9. The van der Waals surface area contributed by atoms with E-state index < -0.39 is 93.9 Å². The second-order valence-corrected chi connectivity index (χ2v) is 24.6. The maximum atomic E-state index is 14.8. The summed E-state index contributed by atoms with van der Waals surface area (Å²) < 4.78 is 39.1. The Hall–Kier alpha value is -3.69. The number of hydrogen-bond donors (Lipinski definition) is 3. The van der Waals surface area contributed by atoms with Gasteiger partial charge in [-0.1, -0.05) is 152 Å². The molecule has 6 fully saturated rings. The van der Waals surface area contributed by atoms with Gasteiger partial charge >= 0.3 is 17.9 Å². The van der Waals surface area contributed by atoms with Gasteiger partial charge in [0.25, 0.3) is 0 Å². The summed E-state index contributed by atoms with van der Waals surface area (Å²) in [5.41, 5.74) is -7.89. The highest BCUT2D eigenvalue weighted by atomic mass is 16.6. The van der Waals surface area contributed by atoms with Crippen LogP contribution in [0.5, 0.6) is 0 Å². The quantitative estimate of drug-likeness (QED) is 0.0249. The standard InChI is InChI=1S/C67H103NO12/c1-7-10-12-14-16-18-20-22-24-26-28-30-32-34-39-43-55(69)78-53-46-54(76-5)66-52-45-51(58(66)68(9-3)48-63(52,53)49-75-4)67(80-56(70)44-40-35-33-31-29-27-25-23-21-19-17-15-13-11-8-2)57-60(79-62(72)50-41-37-36-38-42-50)64(73,47-65(57,66)74)61(77-6)59(67)71/h16-19,22-25,36-38,41-42,51-54,57-61,71,73-74H,7-15,20-21,26-35,39-40,43-49H2,1-6H3/b18-16-,19-17-,24-22-,25-23-/t51-,52+,53+,54-,57-,58+,59-,60+,61-,63+,64-,65-,66-,67-/m0/s1. The van der Waals surface area contributed by atoms with Crippen LogP contribution in [0.1, 0.15) is 204 Å². The predicted molar refractivity (Wildman–Crippen MR) is 313 cm³/mol. The molecule has 0 unspecified atom stereocenters. The average molecular weight is 1110 g/mol. The third-order valence-corrected chi connectivity index (χ3v) is 19.9. The highest BCUT2D eigenvalue weighted by Gasteiger charge is 2.95. The number of allylic oxidation sites excluding steroid dienone is 8. The number of carbonyl (C=O) groups excluding carboxylic acids is 3. The van der Waals surface area contributed by atoms with Gasteiger partial charge in [0.05, 0.1) is 29.8 Å². The summed E-state index contributed by atoms with van der Waals surface area (Å²) in [7, 11) is 4.65. The number of aliphatic hydroxyl groups excluding tert-OH is 1. The third-order valence-electron chi connectivity index (χ3n) is 19.9. The minimum absolute atomic E-state index is 0.0744. The molecule has 3 N–H and O–H groups in total. The van der Waals surface area contributed by atoms with Crippen LogP contribution < -0.4 is 0 Å². The fourth-order valence-corrected chi connectivity index (χ4v) is 16.6. The first-order valence-electron chi connectivity index (χ1n) is 31.5. The Kier molecular flexibility index (Phi) is 24.1. The topological polar surface area (TPSA) is 171 Å². The van der Waals surface area contributed by atoms with Crippen LogP contribution in [0.25, 0.3) is 0 Å². The van der Waals surface area contributed by atoms with E-state index in [2.05, 4.69) is 74.3 Å². The van der Waals surface area contributed by atoms with E-state index in [0.29, 0.717) is 32.4 Å². The molecule has 0 radical (unpaired) electrons. The SMILES string of the molecule is CCCCC/C=C\C/C=C\CCCCCCCC(=O)O[C@@H]1C[C@H](OC)[C@@]23[C@@H]4C[C@@H]([C@H]2N(CC)C[C@@]41COC)[C@]1(OC(=O)CCCCCCC/C=C\C/C=C\CCCCC)[C@H]2[C@@H](OC(=O)c4ccccc4)[C@@](O)(C[C@]23O)[C@@H](OC)[C@@H]1O. The molecule has 5 saturated carbocycles. The molecule has 448 valence electrons. The smallest absolute Gasteiger partial charge is 0.338 e. The summed E-state index contributed by atoms with van der Waals surface area (Å²) in [6, 6.07) is 7.95. The highest BCUT2D eigenvalue weighted by molar-refractivity contribution is 5.89. The summed E-state index contributed by atoms with van der Waals surface area (Å²) in [4.78, 5) is 45.6. The monoisotopic (exact) mass is 1110 g/mol. The fraction of sp³-hybridized carbons (Fsp3) is 0.746. The Bertz CT molecular complexity index is 2220. The van der Waals surface area contributed by atoms with Gasteiger partial charge in [-0.25, -0.2) is 4.79 Å². The van der Waals surface area contributed by atoms with Crippen molar-refractivity contribution in [1.82, 2.24) is 4.90 Å². The Morgan fingerprint density at radius 3 is 1.73 bits per heavy atom. The van der Waals surface area contributed by atoms with E-state index in [0.717, 1.165) is 89.9 Å². The number of nitrogens with zero attached hydrogens (tertiary/aromatic N) is 1. The number of benzene rings is 1. The van der Waals surface area contributed by atoms with Crippen molar-refractivity contribution in [1.29, 1.82) is 0 Å². The molecule has 7 bridgehead atoms. The van der Waals surface area contributed by atoms with Crippen LogP contribution in [-0.2, 0) is 38.0 Å². The van der Waals surface area contributed by atoms with Crippen molar-refractivity contribution in [2.75, 3.05) is 41.0 Å². The third kappa shape index (κ3) is 13.0. The summed E-state index contributed by atoms with van der Waals surface area (Å²) >= 11 is 0. The van der Waals surface area contributed by atoms with E-state index in [-0.39, 0.29) is 43.8 Å². The van der Waals surface area contributed by atoms with Gasteiger partial charge in [0.1, 0.15) is 30.0 Å². The van der Waals surface area contributed by atoms with Gasteiger partial charge in [0, 0.05) is 76.3 Å². The molecule has 1 aromatic rings. The second-order valence-electron chi connectivity index (χ2n) is 24.6. The number of piperidine rings is 1. The van der Waals surface area contributed by atoms with Gasteiger partial charge in [-0.05, 0) is 108 Å². The van der Waals surface area contributed by atoms with Gasteiger partial charge in [0.2, 0.25) is 0 Å². The number of rotatable bonds is 37. The van der Waals surface area contributed by atoms with Crippen molar-refractivity contribution in [3.05, 3.63) is 84.5 Å². The number of unbranched alkanes of at least 4 members (excludes halogenated alkanes) is 16. The van der Waals surface area contributed by atoms with Crippen molar-refractivity contribution >= 4 is 17.9 Å². The fourth-order valence-electron chi connectivity index (χ4n) is 16.6. The van der Waals surface area contributed by atoms with E-state index in [9.17, 15) is 29.7 Å². The minimum atomic E-state index is -2.13. The van der Waals surface area contributed by atoms with Gasteiger partial charge in [-0.2, -0.15) is 0 Å². The first kappa shape index (κ1) is 63.9. The minimum Gasteiger partial charge on any atom is -0.462 e. The van der Waals surface area contributed by atoms with Crippen LogP contribution in [0, 0.1) is 28.6 Å². The molecule has 13 heteroatoms. The molecule has 13 nitrogen and oxygen atoms in total. The van der Waals surface area contributed by atoms with Gasteiger partial charge < -0.3 is 43.7 Å². The number of carbonyl (C=O) groups is 3. The maximum Gasteiger partial charge on any atom is 0.338 e. The number of likely N-dealkylation sites (tertiary alicyclic amines) is 1. The number of methoxy groups -OCH3 is 3. The molecule has 1 heterocycles. The first-order valence-corrected chi connectivity index (χ1v) is 31.5. The second kappa shape index (κ2) is 30.2. The highest BCUT2D eigenvalue weighted by Crippen LogP contribution is 2.81. The van der Waals surface area contributed by atoms with Crippen molar-refractivity contribution in [3.63, 3.8) is 0 Å². The Morgan fingerprint density at radius 1 is 0.637 bits per heavy atom. The molecule has 1 aliphatic heterocycles. The zero-order chi connectivity index (χ0) is 57.2. The maximum absolute atomic E-state index is 14.8. The molecule has 0 amide bonds. The normalized spacial score (nSPS) is 34.1. The lowest BCUT2D eigenvalue weighted by Gasteiger charge is -2.72. The molecule has 1 spiro atoms. The van der Waals surface area contributed by atoms with E-state index in [4.69, 9.17) is 28.4 Å². The number of fused-ring (bicyclic) bond motifs is 2. The molecule has 7 rings (SSSR count). The zero-order valence-electron chi connectivity index (χ0n) is 49.9. The molecule has 1 saturated heterocycles. The summed E-state index contributed by atoms with van der Waals surface area (Å²) in [5, 5.41) is 41.0. The summed E-state index contributed by atoms with van der Waals surface area (Å²) in [5.74, 6) is -4.00. The van der Waals surface area contributed by atoms with E-state index in [1.54, 1.807) is 44.6 Å². The van der Waals surface area contributed by atoms with Crippen molar-refractivity contribution < 1.29 is 58.1 Å². The lowest BCUT2D eigenvalue weighted by Crippen LogP contribution is -2.86. The number of hydrogen-bond acceptors (Lipinski definition) is 13. The molecule has 0 aromatic heterocycles. The van der Waals surface area contributed by atoms with Gasteiger partial charge in [-0.15, -0.1) is 0 Å². The number of aliphatic hydroxyl groups is 3. The van der Waals surface area contributed by atoms with Crippen LogP contribution in [0.3, 0.4) is 0 Å². The largest absolute Gasteiger partial charge is 0.462 e. The van der Waals surface area contributed by atoms with Crippen LogP contribution >= 0.6 is 0 Å². The van der Waals surface area contributed by atoms with Crippen LogP contribution in [0.4, 0.5) is 0 Å². The lowest BCUT2D eigenvalue weighted by atomic mass is 9.40. The molecule has 80 heavy (non-hydrogen) atoms. The van der Waals surface area contributed by atoms with Gasteiger partial charge in [-0.3, -0.25) is 14.5 Å². The van der Waals surface area contributed by atoms with Crippen LogP contribution in [-0.4, -0.2) is 133 Å². The predicted octanol–water partition coefficient (Wildman–Crippen LogP) is 12.3. The number of esters is 3. The van der Waals surface area contributed by atoms with Crippen molar-refractivity contribution in [2.45, 2.75) is 247 Å². The molecule has 14 atom stereocenters.